The number of aromatic hydroxyl groups is 1. The molecule has 0 aliphatic rings. The van der Waals surface area contributed by atoms with Crippen molar-refractivity contribution in [2.24, 2.45) is 0 Å². The van der Waals surface area contributed by atoms with Crippen LogP contribution in [0.3, 0.4) is 0 Å². The molecule has 0 unspecified atom stereocenters. The molecule has 0 atom stereocenters. The topological polar surface area (TPSA) is 20.2 Å². The number of hydrogen-bond donors (Lipinski definition) is 1. The first-order chi connectivity index (χ1) is 6.20. The van der Waals surface area contributed by atoms with Crippen molar-refractivity contribution in [2.75, 3.05) is 0 Å². The Morgan fingerprint density at radius 2 is 1.69 bits per heavy atom. The first-order valence-electron chi connectivity index (χ1n) is 3.76. The quantitative estimate of drug-likeness (QED) is 0.660. The molecule has 2 rings (SSSR count). The highest BCUT2D eigenvalue weighted by molar-refractivity contribution is 5.84. The predicted octanol–water partition coefficient (Wildman–Crippen LogP) is 2.82. The van der Waals surface area contributed by atoms with Crippen molar-refractivity contribution in [3.05, 3.63) is 42.0 Å². The van der Waals surface area contributed by atoms with Gasteiger partial charge in [-0.15, -0.1) is 0 Å². The highest BCUT2D eigenvalue weighted by Crippen LogP contribution is 2.27. The average Bonchev–Trinajstić information content (AvgIpc) is 2.15. The van der Waals surface area contributed by atoms with Gasteiger partial charge in [0.15, 0.2) is 11.6 Å². The Morgan fingerprint density at radius 3 is 2.46 bits per heavy atom. The summed E-state index contributed by atoms with van der Waals surface area (Å²) in [6.45, 7) is 0. The second-order valence-corrected chi connectivity index (χ2v) is 2.74. The molecule has 0 radical (unpaired) electrons. The highest BCUT2D eigenvalue weighted by atomic mass is 19.2. The minimum absolute atomic E-state index is 0.179. The molecular weight excluding hydrogens is 174 g/mol. The standard InChI is InChI=1S/C10H6F2O/c11-9-7-4-2-1-3-6(7)5-8(13)10(9)12/h1-5,13H. The van der Waals surface area contributed by atoms with Crippen LogP contribution in [0.5, 0.6) is 5.75 Å². The van der Waals surface area contributed by atoms with Crippen LogP contribution in [0.1, 0.15) is 0 Å². The maximum Gasteiger partial charge on any atom is 0.201 e. The maximum atomic E-state index is 13.1. The van der Waals surface area contributed by atoms with Gasteiger partial charge in [0.25, 0.3) is 0 Å². The van der Waals surface area contributed by atoms with Crippen LogP contribution in [0.2, 0.25) is 0 Å². The van der Waals surface area contributed by atoms with Crippen LogP contribution in [0.25, 0.3) is 10.8 Å². The van der Waals surface area contributed by atoms with Gasteiger partial charge in [0, 0.05) is 5.39 Å². The Labute approximate surface area is 73.2 Å². The van der Waals surface area contributed by atoms with Crippen molar-refractivity contribution in [3.63, 3.8) is 0 Å². The van der Waals surface area contributed by atoms with E-state index in [1.807, 2.05) is 0 Å². The summed E-state index contributed by atoms with van der Waals surface area (Å²) in [6.07, 6.45) is 0. The van der Waals surface area contributed by atoms with Gasteiger partial charge < -0.3 is 5.11 Å². The number of hydrogen-bond acceptors (Lipinski definition) is 1. The average molecular weight is 180 g/mol. The lowest BCUT2D eigenvalue weighted by Crippen LogP contribution is -1.86. The minimum Gasteiger partial charge on any atom is -0.505 e. The Hall–Kier alpha value is -1.64. The van der Waals surface area contributed by atoms with Crippen LogP contribution in [0.15, 0.2) is 30.3 Å². The second kappa shape index (κ2) is 2.69. The minimum atomic E-state index is -1.20. The fourth-order valence-corrected chi connectivity index (χ4v) is 1.26. The van der Waals surface area contributed by atoms with Crippen LogP contribution in [-0.4, -0.2) is 5.11 Å². The van der Waals surface area contributed by atoms with Crippen molar-refractivity contribution < 1.29 is 13.9 Å². The molecule has 0 aliphatic heterocycles. The summed E-state index contributed by atoms with van der Waals surface area (Å²) in [7, 11) is 0. The third-order valence-electron chi connectivity index (χ3n) is 1.91. The molecular formula is C10H6F2O. The van der Waals surface area contributed by atoms with E-state index in [0.717, 1.165) is 0 Å². The van der Waals surface area contributed by atoms with Gasteiger partial charge in [0.1, 0.15) is 0 Å². The lowest BCUT2D eigenvalue weighted by Gasteiger charge is -2.01. The van der Waals surface area contributed by atoms with Crippen LogP contribution >= 0.6 is 0 Å². The number of phenols is 1. The fourth-order valence-electron chi connectivity index (χ4n) is 1.26. The Morgan fingerprint density at radius 1 is 1.00 bits per heavy atom. The van der Waals surface area contributed by atoms with Gasteiger partial charge in [-0.3, -0.25) is 0 Å². The Balaban J connectivity index is 2.94. The number of rotatable bonds is 0. The fraction of sp³-hybridized carbons (Fsp3) is 0. The van der Waals surface area contributed by atoms with Gasteiger partial charge in [-0.05, 0) is 11.5 Å². The molecule has 66 valence electrons. The molecule has 2 aromatic rings. The van der Waals surface area contributed by atoms with E-state index in [0.29, 0.717) is 5.39 Å². The maximum absolute atomic E-state index is 13.1. The van der Waals surface area contributed by atoms with Crippen LogP contribution in [0.4, 0.5) is 8.78 Å². The molecule has 3 heteroatoms. The van der Waals surface area contributed by atoms with Crippen LogP contribution < -0.4 is 0 Å². The summed E-state index contributed by atoms with van der Waals surface area (Å²) >= 11 is 0. The zero-order valence-electron chi connectivity index (χ0n) is 6.59. The van der Waals surface area contributed by atoms with Crippen molar-refractivity contribution >= 4 is 10.8 Å². The van der Waals surface area contributed by atoms with E-state index in [-0.39, 0.29) is 5.39 Å². The molecule has 0 heterocycles. The first-order valence-corrected chi connectivity index (χ1v) is 3.76. The molecule has 1 N–H and O–H groups in total. The van der Waals surface area contributed by atoms with Crippen LogP contribution in [0, 0.1) is 11.6 Å². The highest BCUT2D eigenvalue weighted by Gasteiger charge is 2.11. The van der Waals surface area contributed by atoms with Crippen molar-refractivity contribution in [3.8, 4) is 5.75 Å². The van der Waals surface area contributed by atoms with Gasteiger partial charge in [0.05, 0.1) is 0 Å². The van der Waals surface area contributed by atoms with Gasteiger partial charge in [-0.2, -0.15) is 4.39 Å². The van der Waals surface area contributed by atoms with Gasteiger partial charge in [-0.25, -0.2) is 4.39 Å². The largest absolute Gasteiger partial charge is 0.505 e. The molecule has 0 aromatic heterocycles. The first kappa shape index (κ1) is 7.98. The van der Waals surface area contributed by atoms with Crippen LogP contribution in [-0.2, 0) is 0 Å². The van der Waals surface area contributed by atoms with Crippen molar-refractivity contribution in [1.29, 1.82) is 0 Å². The van der Waals surface area contributed by atoms with Gasteiger partial charge >= 0.3 is 0 Å². The zero-order valence-corrected chi connectivity index (χ0v) is 6.59. The number of benzene rings is 2. The van der Waals surface area contributed by atoms with Crippen molar-refractivity contribution in [1.82, 2.24) is 0 Å². The molecule has 0 fully saturated rings. The number of fused-ring (bicyclic) bond motifs is 1. The molecule has 0 aliphatic carbocycles. The smallest absolute Gasteiger partial charge is 0.201 e. The summed E-state index contributed by atoms with van der Waals surface area (Å²) < 4.78 is 26.0. The number of halogens is 2. The van der Waals surface area contributed by atoms with E-state index < -0.39 is 17.4 Å². The normalized spacial score (nSPS) is 10.6. The lowest BCUT2D eigenvalue weighted by atomic mass is 10.1. The van der Waals surface area contributed by atoms with Crippen molar-refractivity contribution in [2.45, 2.75) is 0 Å². The number of phenolic OH excluding ortho intramolecular Hbond substituents is 1. The summed E-state index contributed by atoms with van der Waals surface area (Å²) in [5.41, 5.74) is 0. The molecule has 0 amide bonds. The second-order valence-electron chi connectivity index (χ2n) is 2.74. The Kier molecular flexibility index (Phi) is 1.65. The predicted molar refractivity (Wildman–Crippen MR) is 45.5 cm³/mol. The summed E-state index contributed by atoms with van der Waals surface area (Å²) in [5, 5.41) is 9.65. The summed E-state index contributed by atoms with van der Waals surface area (Å²) in [6, 6.07) is 7.58. The zero-order chi connectivity index (χ0) is 9.42. The third kappa shape index (κ3) is 1.13. The monoisotopic (exact) mass is 180 g/mol. The molecule has 0 spiro atoms. The van der Waals surface area contributed by atoms with E-state index in [4.69, 9.17) is 5.11 Å². The lowest BCUT2D eigenvalue weighted by molar-refractivity contribution is 0.410. The van der Waals surface area contributed by atoms with Gasteiger partial charge in [-0.1, -0.05) is 24.3 Å². The van der Waals surface area contributed by atoms with E-state index >= 15 is 0 Å². The summed E-state index contributed by atoms with van der Waals surface area (Å²) in [4.78, 5) is 0. The van der Waals surface area contributed by atoms with E-state index in [9.17, 15) is 8.78 Å². The molecule has 2 aromatic carbocycles. The van der Waals surface area contributed by atoms with E-state index in [1.165, 1.54) is 12.1 Å². The Bertz CT molecular complexity index is 466. The van der Waals surface area contributed by atoms with E-state index in [2.05, 4.69) is 0 Å². The molecule has 1 nitrogen and oxygen atoms in total. The molecule has 13 heavy (non-hydrogen) atoms. The summed E-state index contributed by atoms with van der Waals surface area (Å²) in [5.74, 6) is -2.86. The molecule has 0 saturated heterocycles. The van der Waals surface area contributed by atoms with Gasteiger partial charge in [0.2, 0.25) is 5.82 Å². The van der Waals surface area contributed by atoms with E-state index in [1.54, 1.807) is 18.2 Å². The SMILES string of the molecule is Oc1cc2ccccc2c(F)c1F. The molecule has 0 saturated carbocycles. The third-order valence-corrected chi connectivity index (χ3v) is 1.91. The molecule has 0 bridgehead atoms.